The van der Waals surface area contributed by atoms with Gasteiger partial charge in [-0.2, -0.15) is 0 Å². The zero-order valence-electron chi connectivity index (χ0n) is 8.18. The number of allylic oxidation sites excluding steroid dienone is 8. The third-order valence-corrected chi connectivity index (χ3v) is 4.79. The Morgan fingerprint density at radius 1 is 0.933 bits per heavy atom. The summed E-state index contributed by atoms with van der Waals surface area (Å²) in [5, 5.41) is 0. The zero-order valence-corrected chi connectivity index (χ0v) is 8.18. The Hall–Kier alpha value is -1.50. The quantitative estimate of drug-likeness (QED) is 0.537. The molecule has 0 aromatic rings. The number of fused-ring (bicyclic) bond motifs is 6. The number of ether oxygens (including phenoxy) is 1. The standard InChI is InChI=1S/C14H8O/c1-2-7-5-6(1)8-9(7)11-13-12(15-13)10(8)14(11)3-4-14/h1-2H,3-5H2. The van der Waals surface area contributed by atoms with Gasteiger partial charge in [0.2, 0.25) is 0 Å². The van der Waals surface area contributed by atoms with Crippen molar-refractivity contribution in [3.8, 4) is 0 Å². The number of hydrogen-bond acceptors (Lipinski definition) is 1. The van der Waals surface area contributed by atoms with Crippen LogP contribution in [0.25, 0.3) is 0 Å². The zero-order chi connectivity index (χ0) is 9.36. The van der Waals surface area contributed by atoms with Crippen LogP contribution in [0.5, 0.6) is 0 Å². The summed E-state index contributed by atoms with van der Waals surface area (Å²) in [6.07, 6.45) is 8.53. The van der Waals surface area contributed by atoms with E-state index in [1.165, 1.54) is 30.8 Å². The summed E-state index contributed by atoms with van der Waals surface area (Å²) in [7, 11) is 0. The summed E-state index contributed by atoms with van der Waals surface area (Å²) >= 11 is 0. The van der Waals surface area contributed by atoms with Crippen molar-refractivity contribution < 1.29 is 4.74 Å². The predicted molar refractivity (Wildman–Crippen MR) is 54.6 cm³/mol. The first-order valence-corrected chi connectivity index (χ1v) is 5.73. The van der Waals surface area contributed by atoms with Crippen LogP contribution in [-0.2, 0) is 4.74 Å². The van der Waals surface area contributed by atoms with Gasteiger partial charge in [0.05, 0.1) is 0 Å². The molecule has 1 heterocycles. The molecule has 0 aromatic carbocycles. The SMILES string of the molecule is C1=CC2=C3C(=C1C2)C1=C2OC2=C3C12CC2. The topological polar surface area (TPSA) is 12.5 Å². The highest BCUT2D eigenvalue weighted by Gasteiger charge is 2.69. The van der Waals surface area contributed by atoms with E-state index >= 15 is 0 Å². The van der Waals surface area contributed by atoms with Gasteiger partial charge in [-0.05, 0) is 41.6 Å². The van der Waals surface area contributed by atoms with E-state index < -0.39 is 0 Å². The van der Waals surface area contributed by atoms with Crippen LogP contribution in [0.4, 0.5) is 0 Å². The molecule has 0 amide bonds. The van der Waals surface area contributed by atoms with Gasteiger partial charge in [-0.3, -0.25) is 0 Å². The molecule has 1 nitrogen and oxygen atoms in total. The molecule has 4 bridgehead atoms. The Labute approximate surface area is 87.1 Å². The van der Waals surface area contributed by atoms with Crippen LogP contribution in [0.2, 0.25) is 0 Å². The van der Waals surface area contributed by atoms with Gasteiger partial charge >= 0.3 is 0 Å². The summed E-state index contributed by atoms with van der Waals surface area (Å²) in [6.45, 7) is 0. The molecule has 0 N–H and O–H groups in total. The van der Waals surface area contributed by atoms with Crippen LogP contribution in [-0.4, -0.2) is 0 Å². The third-order valence-electron chi connectivity index (χ3n) is 4.79. The van der Waals surface area contributed by atoms with Crippen molar-refractivity contribution in [3.63, 3.8) is 0 Å². The molecule has 6 rings (SSSR count). The maximum atomic E-state index is 5.64. The second-order valence-corrected chi connectivity index (χ2v) is 5.40. The van der Waals surface area contributed by atoms with Crippen LogP contribution < -0.4 is 0 Å². The minimum atomic E-state index is 0.469. The van der Waals surface area contributed by atoms with Gasteiger partial charge in [0, 0.05) is 16.6 Å². The molecule has 0 unspecified atom stereocenters. The van der Waals surface area contributed by atoms with Crippen molar-refractivity contribution in [2.24, 2.45) is 5.41 Å². The first-order valence-electron chi connectivity index (χ1n) is 5.73. The van der Waals surface area contributed by atoms with Crippen molar-refractivity contribution >= 4 is 0 Å². The lowest BCUT2D eigenvalue weighted by Crippen LogP contribution is -1.98. The summed E-state index contributed by atoms with van der Waals surface area (Å²) in [5.74, 6) is 2.52. The summed E-state index contributed by atoms with van der Waals surface area (Å²) < 4.78 is 5.64. The Kier molecular flexibility index (Phi) is 0.571. The second-order valence-electron chi connectivity index (χ2n) is 5.40. The predicted octanol–water partition coefficient (Wildman–Crippen LogP) is 2.90. The number of rotatable bonds is 0. The van der Waals surface area contributed by atoms with Crippen LogP contribution in [0.15, 0.2) is 57.1 Å². The van der Waals surface area contributed by atoms with Gasteiger partial charge in [0.25, 0.3) is 0 Å². The van der Waals surface area contributed by atoms with Crippen molar-refractivity contribution in [3.05, 3.63) is 57.1 Å². The van der Waals surface area contributed by atoms with Crippen LogP contribution >= 0.6 is 0 Å². The molecular weight excluding hydrogens is 184 g/mol. The fraction of sp³-hybridized carbons (Fsp3) is 0.286. The molecule has 0 radical (unpaired) electrons. The largest absolute Gasteiger partial charge is 0.449 e. The van der Waals surface area contributed by atoms with E-state index in [2.05, 4.69) is 12.2 Å². The second kappa shape index (κ2) is 1.39. The first-order chi connectivity index (χ1) is 7.40. The molecule has 2 saturated carbocycles. The Morgan fingerprint density at radius 3 is 2.07 bits per heavy atom. The van der Waals surface area contributed by atoms with E-state index in [4.69, 9.17) is 4.74 Å². The molecule has 6 aliphatic rings. The van der Waals surface area contributed by atoms with Gasteiger partial charge < -0.3 is 4.74 Å². The Bertz CT molecular complexity index is 605. The van der Waals surface area contributed by atoms with Gasteiger partial charge in [-0.1, -0.05) is 12.2 Å². The minimum Gasteiger partial charge on any atom is -0.449 e. The minimum absolute atomic E-state index is 0.469. The van der Waals surface area contributed by atoms with E-state index in [0.717, 1.165) is 0 Å². The van der Waals surface area contributed by atoms with E-state index in [1.807, 2.05) is 0 Å². The smallest absolute Gasteiger partial charge is 0.175 e. The molecule has 1 heteroatoms. The van der Waals surface area contributed by atoms with Crippen LogP contribution in [0, 0.1) is 5.41 Å². The molecule has 3 fully saturated rings. The summed E-state index contributed by atoms with van der Waals surface area (Å²) in [6, 6.07) is 0. The number of epoxide rings is 1. The maximum absolute atomic E-state index is 5.64. The average Bonchev–Trinajstić information content (AvgIpc) is 3.03. The third kappa shape index (κ3) is 0.403. The highest BCUT2D eigenvalue weighted by Crippen LogP contribution is 2.79. The molecule has 1 saturated heterocycles. The molecule has 0 atom stereocenters. The Balaban J connectivity index is 1.90. The molecule has 1 spiro atoms. The molecule has 5 aliphatic carbocycles. The van der Waals surface area contributed by atoms with E-state index in [1.54, 1.807) is 33.4 Å². The lowest BCUT2D eigenvalue weighted by molar-refractivity contribution is 0.521. The average molecular weight is 192 g/mol. The summed E-state index contributed by atoms with van der Waals surface area (Å²) in [4.78, 5) is 0. The fourth-order valence-electron chi connectivity index (χ4n) is 4.06. The first kappa shape index (κ1) is 6.16. The number of hydrogen-bond donors (Lipinski definition) is 0. The molecule has 15 heavy (non-hydrogen) atoms. The van der Waals surface area contributed by atoms with Crippen molar-refractivity contribution in [2.45, 2.75) is 19.3 Å². The van der Waals surface area contributed by atoms with Crippen molar-refractivity contribution in [2.75, 3.05) is 0 Å². The van der Waals surface area contributed by atoms with Gasteiger partial charge in [-0.25, -0.2) is 0 Å². The highest BCUT2D eigenvalue weighted by atomic mass is 16.6. The van der Waals surface area contributed by atoms with Gasteiger partial charge in [0.15, 0.2) is 11.5 Å². The van der Waals surface area contributed by atoms with Crippen molar-refractivity contribution in [1.82, 2.24) is 0 Å². The highest BCUT2D eigenvalue weighted by molar-refractivity contribution is 5.89. The van der Waals surface area contributed by atoms with Gasteiger partial charge in [-0.15, -0.1) is 0 Å². The van der Waals surface area contributed by atoms with Crippen LogP contribution in [0.3, 0.4) is 0 Å². The monoisotopic (exact) mass is 192 g/mol. The molecule has 1 aliphatic heterocycles. The molecule has 0 aromatic heterocycles. The summed E-state index contributed by atoms with van der Waals surface area (Å²) in [5.41, 5.74) is 9.90. The molecular formula is C14H8O. The van der Waals surface area contributed by atoms with Crippen molar-refractivity contribution in [1.29, 1.82) is 0 Å². The normalized spacial score (nSPS) is 33.6. The lowest BCUT2D eigenvalue weighted by Gasteiger charge is -2.06. The van der Waals surface area contributed by atoms with E-state index in [0.29, 0.717) is 5.41 Å². The Morgan fingerprint density at radius 2 is 1.53 bits per heavy atom. The molecule has 70 valence electrons. The van der Waals surface area contributed by atoms with Crippen LogP contribution in [0.1, 0.15) is 19.3 Å². The van der Waals surface area contributed by atoms with E-state index in [-0.39, 0.29) is 0 Å². The fourth-order valence-corrected chi connectivity index (χ4v) is 4.06. The van der Waals surface area contributed by atoms with E-state index in [9.17, 15) is 0 Å². The van der Waals surface area contributed by atoms with Gasteiger partial charge in [0.1, 0.15) is 0 Å². The maximum Gasteiger partial charge on any atom is 0.175 e. The lowest BCUT2D eigenvalue weighted by atomic mass is 9.96.